The van der Waals surface area contributed by atoms with Crippen LogP contribution in [-0.2, 0) is 0 Å². The molecule has 1 aliphatic carbocycles. The van der Waals surface area contributed by atoms with Crippen LogP contribution in [0.5, 0.6) is 0 Å². The van der Waals surface area contributed by atoms with E-state index in [1.165, 1.54) is 25.5 Å². The molecule has 0 atom stereocenters. The van der Waals surface area contributed by atoms with Crippen molar-refractivity contribution in [3.05, 3.63) is 34.9 Å². The van der Waals surface area contributed by atoms with Crippen LogP contribution in [0.4, 0.5) is 8.78 Å². The highest BCUT2D eigenvalue weighted by atomic mass is 19.2. The van der Waals surface area contributed by atoms with E-state index in [4.69, 9.17) is 0 Å². The third-order valence-electron chi connectivity index (χ3n) is 4.02. The first-order valence-electron chi connectivity index (χ1n) is 7.10. The topological polar surface area (TPSA) is 17.1 Å². The van der Waals surface area contributed by atoms with Gasteiger partial charge in [-0.3, -0.25) is 4.79 Å². The molecule has 1 saturated carbocycles. The summed E-state index contributed by atoms with van der Waals surface area (Å²) in [7, 11) is 0. The first-order chi connectivity index (χ1) is 9.11. The molecule has 0 heterocycles. The predicted molar refractivity (Wildman–Crippen MR) is 71.2 cm³/mol. The van der Waals surface area contributed by atoms with Gasteiger partial charge in [0, 0.05) is 5.92 Å². The van der Waals surface area contributed by atoms with E-state index in [1.54, 1.807) is 0 Å². The van der Waals surface area contributed by atoms with Crippen LogP contribution in [0.15, 0.2) is 12.1 Å². The first kappa shape index (κ1) is 14.2. The van der Waals surface area contributed by atoms with Gasteiger partial charge in [0.15, 0.2) is 17.4 Å². The molecular weight excluding hydrogens is 246 g/mol. The number of benzene rings is 1. The molecule has 0 unspecified atom stereocenters. The fourth-order valence-electron chi connectivity index (χ4n) is 2.77. The number of carbonyl (C=O) groups excluding carboxylic acids is 1. The quantitative estimate of drug-likeness (QED) is 0.702. The van der Waals surface area contributed by atoms with Gasteiger partial charge in [-0.2, -0.15) is 0 Å². The largest absolute Gasteiger partial charge is 0.294 e. The lowest BCUT2D eigenvalue weighted by Crippen LogP contribution is -2.18. The predicted octanol–water partition coefficient (Wildman–Crippen LogP) is 4.82. The lowest BCUT2D eigenvalue weighted by atomic mass is 9.85. The molecule has 0 aliphatic heterocycles. The molecule has 0 N–H and O–H groups in total. The highest BCUT2D eigenvalue weighted by Gasteiger charge is 2.25. The summed E-state index contributed by atoms with van der Waals surface area (Å²) in [5.41, 5.74) is 0.167. The molecule has 1 fully saturated rings. The van der Waals surface area contributed by atoms with Crippen LogP contribution in [0.25, 0.3) is 0 Å². The van der Waals surface area contributed by atoms with Gasteiger partial charge < -0.3 is 0 Å². The maximum atomic E-state index is 13.9. The summed E-state index contributed by atoms with van der Waals surface area (Å²) in [5.74, 6) is -2.24. The molecule has 104 valence electrons. The summed E-state index contributed by atoms with van der Waals surface area (Å²) in [4.78, 5) is 12.3. The SMILES string of the molecule is Cc1ccc(C(=O)C2CCCCCCC2)c(F)c1F. The van der Waals surface area contributed by atoms with Gasteiger partial charge in [-0.05, 0) is 31.4 Å². The standard InChI is InChI=1S/C16H20F2O/c1-11-9-10-13(15(18)14(11)17)16(19)12-7-5-3-2-4-6-8-12/h9-10,12H,2-8H2,1H3. The zero-order valence-corrected chi connectivity index (χ0v) is 11.3. The Morgan fingerprint density at radius 3 is 2.21 bits per heavy atom. The van der Waals surface area contributed by atoms with Crippen molar-refractivity contribution in [1.29, 1.82) is 0 Å². The summed E-state index contributed by atoms with van der Waals surface area (Å²) in [5, 5.41) is 0. The van der Waals surface area contributed by atoms with Crippen molar-refractivity contribution >= 4 is 5.78 Å². The zero-order valence-electron chi connectivity index (χ0n) is 11.3. The monoisotopic (exact) mass is 266 g/mol. The lowest BCUT2D eigenvalue weighted by Gasteiger charge is -2.19. The number of ketones is 1. The number of rotatable bonds is 2. The number of hydrogen-bond acceptors (Lipinski definition) is 1. The molecule has 1 aliphatic rings. The summed E-state index contributed by atoms with van der Waals surface area (Å²) >= 11 is 0. The van der Waals surface area contributed by atoms with E-state index in [9.17, 15) is 13.6 Å². The van der Waals surface area contributed by atoms with Crippen molar-refractivity contribution in [3.63, 3.8) is 0 Å². The third kappa shape index (κ3) is 3.20. The Labute approximate surface area is 113 Å². The van der Waals surface area contributed by atoms with Gasteiger partial charge in [0.25, 0.3) is 0 Å². The van der Waals surface area contributed by atoms with Crippen LogP contribution in [0.1, 0.15) is 60.9 Å². The Balaban J connectivity index is 2.20. The van der Waals surface area contributed by atoms with Gasteiger partial charge in [-0.15, -0.1) is 0 Å². The summed E-state index contributed by atoms with van der Waals surface area (Å²) in [6, 6.07) is 2.91. The molecule has 0 saturated heterocycles. The van der Waals surface area contributed by atoms with Crippen molar-refractivity contribution in [2.75, 3.05) is 0 Å². The molecule has 0 aromatic heterocycles. The van der Waals surface area contributed by atoms with Crippen LogP contribution < -0.4 is 0 Å². The van der Waals surface area contributed by atoms with Gasteiger partial charge in [-0.1, -0.05) is 38.2 Å². The van der Waals surface area contributed by atoms with Crippen molar-refractivity contribution in [3.8, 4) is 0 Å². The second-order valence-electron chi connectivity index (χ2n) is 5.46. The van der Waals surface area contributed by atoms with Gasteiger partial charge in [0.1, 0.15) is 0 Å². The highest BCUT2D eigenvalue weighted by Crippen LogP contribution is 2.27. The van der Waals surface area contributed by atoms with Gasteiger partial charge in [0.05, 0.1) is 5.56 Å². The summed E-state index contributed by atoms with van der Waals surface area (Å²) < 4.78 is 27.4. The number of Topliss-reactive ketones (excluding diaryl/α,β-unsaturated/α-hetero) is 1. The third-order valence-corrected chi connectivity index (χ3v) is 4.02. The van der Waals surface area contributed by atoms with E-state index in [1.807, 2.05) is 0 Å². The smallest absolute Gasteiger partial charge is 0.169 e. The Morgan fingerprint density at radius 2 is 1.58 bits per heavy atom. The van der Waals surface area contributed by atoms with E-state index in [0.29, 0.717) is 0 Å². The van der Waals surface area contributed by atoms with Gasteiger partial charge in [0.2, 0.25) is 0 Å². The molecule has 2 rings (SSSR count). The van der Waals surface area contributed by atoms with Gasteiger partial charge in [-0.25, -0.2) is 8.78 Å². The molecule has 1 aromatic carbocycles. The zero-order chi connectivity index (χ0) is 13.8. The van der Waals surface area contributed by atoms with Crippen LogP contribution in [0.3, 0.4) is 0 Å². The minimum absolute atomic E-state index is 0.0753. The van der Waals surface area contributed by atoms with E-state index in [-0.39, 0.29) is 22.8 Å². The molecule has 1 aromatic rings. The Bertz CT molecular complexity index is 460. The molecule has 1 nitrogen and oxygen atoms in total. The Hall–Kier alpha value is -1.25. The second-order valence-corrected chi connectivity index (χ2v) is 5.46. The fraction of sp³-hybridized carbons (Fsp3) is 0.562. The normalized spacial score (nSPS) is 17.8. The van der Waals surface area contributed by atoms with Crippen LogP contribution in [0.2, 0.25) is 0 Å². The maximum Gasteiger partial charge on any atom is 0.169 e. The number of carbonyl (C=O) groups is 1. The Morgan fingerprint density at radius 1 is 1.00 bits per heavy atom. The second kappa shape index (κ2) is 6.27. The van der Waals surface area contributed by atoms with Crippen molar-refractivity contribution in [1.82, 2.24) is 0 Å². The number of halogens is 2. The molecular formula is C16H20F2O. The van der Waals surface area contributed by atoms with Crippen molar-refractivity contribution in [2.24, 2.45) is 5.92 Å². The number of aryl methyl sites for hydroxylation is 1. The molecule has 19 heavy (non-hydrogen) atoms. The first-order valence-corrected chi connectivity index (χ1v) is 7.10. The van der Waals surface area contributed by atoms with E-state index in [0.717, 1.165) is 38.5 Å². The van der Waals surface area contributed by atoms with E-state index in [2.05, 4.69) is 0 Å². The molecule has 0 spiro atoms. The summed E-state index contributed by atoms with van der Waals surface area (Å²) in [6.07, 6.45) is 7.09. The Kier molecular flexibility index (Phi) is 4.67. The minimum Gasteiger partial charge on any atom is -0.294 e. The highest BCUT2D eigenvalue weighted by molar-refractivity contribution is 5.98. The van der Waals surface area contributed by atoms with Gasteiger partial charge >= 0.3 is 0 Å². The van der Waals surface area contributed by atoms with E-state index < -0.39 is 11.6 Å². The maximum absolute atomic E-state index is 13.9. The molecule has 0 radical (unpaired) electrons. The van der Waals surface area contributed by atoms with Crippen LogP contribution >= 0.6 is 0 Å². The van der Waals surface area contributed by atoms with Crippen LogP contribution in [-0.4, -0.2) is 5.78 Å². The average molecular weight is 266 g/mol. The molecule has 0 bridgehead atoms. The van der Waals surface area contributed by atoms with Crippen molar-refractivity contribution < 1.29 is 13.6 Å². The summed E-state index contributed by atoms with van der Waals surface area (Å²) in [6.45, 7) is 1.50. The lowest BCUT2D eigenvalue weighted by molar-refractivity contribution is 0.0893. The van der Waals surface area contributed by atoms with E-state index >= 15 is 0 Å². The molecule has 0 amide bonds. The molecule has 3 heteroatoms. The average Bonchev–Trinajstić information content (AvgIpc) is 2.35. The van der Waals surface area contributed by atoms with Crippen LogP contribution in [0, 0.1) is 24.5 Å². The number of hydrogen-bond donors (Lipinski definition) is 0. The minimum atomic E-state index is -0.980. The fourth-order valence-corrected chi connectivity index (χ4v) is 2.77. The van der Waals surface area contributed by atoms with Crippen molar-refractivity contribution in [2.45, 2.75) is 51.9 Å².